The van der Waals surface area contributed by atoms with Crippen molar-refractivity contribution in [3.63, 3.8) is 0 Å². The molecule has 0 fully saturated rings. The number of benzene rings is 1. The molecule has 0 spiro atoms. The Hall–Kier alpha value is -1.31. The van der Waals surface area contributed by atoms with E-state index in [2.05, 4.69) is 36.8 Å². The maximum Gasteiger partial charge on any atom is 0.173 e. The van der Waals surface area contributed by atoms with Crippen molar-refractivity contribution in [2.24, 2.45) is 0 Å². The van der Waals surface area contributed by atoms with Crippen molar-refractivity contribution >= 4 is 15.9 Å². The Balaban J connectivity index is 2.21. The van der Waals surface area contributed by atoms with Gasteiger partial charge in [-0.05, 0) is 42.0 Å². The number of tetrazole rings is 1. The van der Waals surface area contributed by atoms with Crippen molar-refractivity contribution in [2.45, 2.75) is 19.9 Å². The fraction of sp³-hybridized carbons (Fsp3) is 0.462. The summed E-state index contributed by atoms with van der Waals surface area (Å²) in [4.78, 5) is 0. The maximum absolute atomic E-state index is 5.03. The molecular formula is C13H18BrN5O. The molecule has 0 saturated carbocycles. The lowest BCUT2D eigenvalue weighted by atomic mass is 10.2. The van der Waals surface area contributed by atoms with Gasteiger partial charge in [0.05, 0.1) is 18.3 Å². The molecule has 0 bridgehead atoms. The summed E-state index contributed by atoms with van der Waals surface area (Å²) in [7, 11) is 1.68. The summed E-state index contributed by atoms with van der Waals surface area (Å²) in [5, 5.41) is 15.3. The Morgan fingerprint density at radius 3 is 2.95 bits per heavy atom. The van der Waals surface area contributed by atoms with Gasteiger partial charge in [0.15, 0.2) is 5.82 Å². The van der Waals surface area contributed by atoms with Crippen LogP contribution in [0.3, 0.4) is 0 Å². The highest BCUT2D eigenvalue weighted by Gasteiger charge is 2.15. The molecule has 0 amide bonds. The van der Waals surface area contributed by atoms with Crippen LogP contribution in [0.1, 0.15) is 24.4 Å². The quantitative estimate of drug-likeness (QED) is 0.815. The van der Waals surface area contributed by atoms with E-state index in [1.165, 1.54) is 5.56 Å². The summed E-state index contributed by atoms with van der Waals surface area (Å²) >= 11 is 3.53. The first-order valence-electron chi connectivity index (χ1n) is 6.40. The molecule has 1 atom stereocenters. The van der Waals surface area contributed by atoms with E-state index in [-0.39, 0.29) is 6.04 Å². The van der Waals surface area contributed by atoms with Crippen molar-refractivity contribution in [3.05, 3.63) is 34.1 Å². The maximum atomic E-state index is 5.03. The highest BCUT2D eigenvalue weighted by molar-refractivity contribution is 9.10. The van der Waals surface area contributed by atoms with Gasteiger partial charge in [0.2, 0.25) is 0 Å². The molecule has 0 radical (unpaired) electrons. The second kappa shape index (κ2) is 6.92. The molecular weight excluding hydrogens is 322 g/mol. The van der Waals surface area contributed by atoms with Crippen LogP contribution >= 0.6 is 15.9 Å². The average Bonchev–Trinajstić information content (AvgIpc) is 2.91. The molecule has 108 valence electrons. The molecule has 2 rings (SSSR count). The predicted molar refractivity (Wildman–Crippen MR) is 79.9 cm³/mol. The van der Waals surface area contributed by atoms with E-state index in [1.807, 2.05) is 32.0 Å². The van der Waals surface area contributed by atoms with E-state index in [9.17, 15) is 0 Å². The average molecular weight is 340 g/mol. The molecule has 0 saturated heterocycles. The van der Waals surface area contributed by atoms with Crippen LogP contribution in [0.15, 0.2) is 22.7 Å². The minimum atomic E-state index is 0.0419. The number of nitrogens with zero attached hydrogens (tertiary/aromatic N) is 4. The van der Waals surface area contributed by atoms with Gasteiger partial charge in [0, 0.05) is 18.1 Å². The van der Waals surface area contributed by atoms with Gasteiger partial charge in [-0.3, -0.25) is 0 Å². The molecule has 0 aliphatic rings. The molecule has 1 unspecified atom stereocenters. The Kier molecular flexibility index (Phi) is 5.22. The van der Waals surface area contributed by atoms with Crippen LogP contribution in [0.2, 0.25) is 0 Å². The zero-order chi connectivity index (χ0) is 14.5. The lowest BCUT2D eigenvalue weighted by molar-refractivity contribution is 0.196. The highest BCUT2D eigenvalue weighted by Crippen LogP contribution is 2.21. The molecule has 1 heterocycles. The summed E-state index contributed by atoms with van der Waals surface area (Å²) in [6.45, 7) is 5.48. The first kappa shape index (κ1) is 15.1. The van der Waals surface area contributed by atoms with Crippen molar-refractivity contribution in [3.8, 4) is 5.69 Å². The van der Waals surface area contributed by atoms with Gasteiger partial charge in [0.1, 0.15) is 0 Å². The third-order valence-corrected chi connectivity index (χ3v) is 3.89. The number of rotatable bonds is 6. The Bertz CT molecular complexity index is 572. The van der Waals surface area contributed by atoms with Gasteiger partial charge in [-0.2, -0.15) is 4.68 Å². The smallest absolute Gasteiger partial charge is 0.173 e. The summed E-state index contributed by atoms with van der Waals surface area (Å²) in [6, 6.07) is 6.09. The van der Waals surface area contributed by atoms with E-state index in [0.717, 1.165) is 22.5 Å². The van der Waals surface area contributed by atoms with E-state index in [1.54, 1.807) is 11.8 Å². The molecule has 2 aromatic rings. The highest BCUT2D eigenvalue weighted by atomic mass is 79.9. The number of aryl methyl sites for hydroxylation is 1. The van der Waals surface area contributed by atoms with Crippen molar-refractivity contribution in [1.29, 1.82) is 0 Å². The SMILES string of the molecule is COCCNC(C)c1nnnn1-c1ccc(C)c(Br)c1. The number of hydrogen-bond acceptors (Lipinski definition) is 5. The van der Waals surface area contributed by atoms with E-state index >= 15 is 0 Å². The second-order valence-corrected chi connectivity index (χ2v) is 5.41. The normalized spacial score (nSPS) is 12.6. The molecule has 0 aliphatic carbocycles. The third kappa shape index (κ3) is 3.41. The fourth-order valence-corrected chi connectivity index (χ4v) is 2.20. The van der Waals surface area contributed by atoms with Crippen LogP contribution in [0.4, 0.5) is 0 Å². The van der Waals surface area contributed by atoms with Crippen LogP contribution in [0.25, 0.3) is 5.69 Å². The van der Waals surface area contributed by atoms with Gasteiger partial charge < -0.3 is 10.1 Å². The van der Waals surface area contributed by atoms with Gasteiger partial charge in [-0.25, -0.2) is 0 Å². The number of methoxy groups -OCH3 is 1. The van der Waals surface area contributed by atoms with Crippen LogP contribution in [0, 0.1) is 6.92 Å². The molecule has 1 N–H and O–H groups in total. The van der Waals surface area contributed by atoms with Crippen LogP contribution < -0.4 is 5.32 Å². The van der Waals surface area contributed by atoms with Gasteiger partial charge in [-0.1, -0.05) is 22.0 Å². The van der Waals surface area contributed by atoms with Crippen molar-refractivity contribution in [1.82, 2.24) is 25.5 Å². The summed E-state index contributed by atoms with van der Waals surface area (Å²) in [6.07, 6.45) is 0. The predicted octanol–water partition coefficient (Wildman–Crippen LogP) is 2.03. The van der Waals surface area contributed by atoms with E-state index in [4.69, 9.17) is 4.74 Å². The Labute approximate surface area is 126 Å². The Morgan fingerprint density at radius 2 is 2.25 bits per heavy atom. The van der Waals surface area contributed by atoms with Crippen molar-refractivity contribution < 1.29 is 4.74 Å². The minimum Gasteiger partial charge on any atom is -0.383 e. The van der Waals surface area contributed by atoms with Gasteiger partial charge in [-0.15, -0.1) is 5.10 Å². The van der Waals surface area contributed by atoms with E-state index < -0.39 is 0 Å². The number of aromatic nitrogens is 4. The largest absolute Gasteiger partial charge is 0.383 e. The first-order valence-corrected chi connectivity index (χ1v) is 7.20. The first-order chi connectivity index (χ1) is 9.63. The van der Waals surface area contributed by atoms with Gasteiger partial charge >= 0.3 is 0 Å². The number of halogens is 1. The number of hydrogen-bond donors (Lipinski definition) is 1. The number of ether oxygens (including phenoxy) is 1. The van der Waals surface area contributed by atoms with Crippen LogP contribution in [-0.4, -0.2) is 40.5 Å². The lowest BCUT2D eigenvalue weighted by Gasteiger charge is -2.13. The monoisotopic (exact) mass is 339 g/mol. The summed E-state index contributed by atoms with van der Waals surface area (Å²) < 4.78 is 7.81. The van der Waals surface area contributed by atoms with Crippen LogP contribution in [0.5, 0.6) is 0 Å². The molecule has 20 heavy (non-hydrogen) atoms. The summed E-state index contributed by atoms with van der Waals surface area (Å²) in [5.41, 5.74) is 2.11. The zero-order valence-electron chi connectivity index (χ0n) is 11.8. The van der Waals surface area contributed by atoms with E-state index in [0.29, 0.717) is 6.61 Å². The molecule has 7 heteroatoms. The topological polar surface area (TPSA) is 64.9 Å². The molecule has 6 nitrogen and oxygen atoms in total. The van der Waals surface area contributed by atoms with Crippen molar-refractivity contribution in [2.75, 3.05) is 20.3 Å². The summed E-state index contributed by atoms with van der Waals surface area (Å²) in [5.74, 6) is 0.775. The standard InChI is InChI=1S/C13H18BrN5O/c1-9-4-5-11(8-12(9)14)19-13(16-17-18-19)10(2)15-6-7-20-3/h4-5,8,10,15H,6-7H2,1-3H3. The minimum absolute atomic E-state index is 0.0419. The van der Waals surface area contributed by atoms with Crippen LogP contribution in [-0.2, 0) is 4.74 Å². The van der Waals surface area contributed by atoms with Gasteiger partial charge in [0.25, 0.3) is 0 Å². The zero-order valence-corrected chi connectivity index (χ0v) is 13.4. The Morgan fingerprint density at radius 1 is 1.45 bits per heavy atom. The molecule has 1 aromatic carbocycles. The number of nitrogens with one attached hydrogen (secondary N) is 1. The third-order valence-electron chi connectivity index (χ3n) is 3.04. The lowest BCUT2D eigenvalue weighted by Crippen LogP contribution is -2.25. The molecule has 1 aromatic heterocycles. The fourth-order valence-electron chi connectivity index (χ4n) is 1.83. The molecule has 0 aliphatic heterocycles. The second-order valence-electron chi connectivity index (χ2n) is 4.55.